The minimum Gasteiger partial charge on any atom is -0.458 e. The Morgan fingerprint density at radius 2 is 1.66 bits per heavy atom. The van der Waals surface area contributed by atoms with Gasteiger partial charge in [-0.3, -0.25) is 10.1 Å². The van der Waals surface area contributed by atoms with E-state index >= 15 is 0 Å². The van der Waals surface area contributed by atoms with Gasteiger partial charge in [0.2, 0.25) is 0 Å². The molecule has 32 heavy (non-hydrogen) atoms. The highest BCUT2D eigenvalue weighted by Gasteiger charge is 2.34. The van der Waals surface area contributed by atoms with Crippen LogP contribution in [0.2, 0.25) is 5.02 Å². The predicted octanol–water partition coefficient (Wildman–Crippen LogP) is 5.92. The Labute approximate surface area is 193 Å². The van der Waals surface area contributed by atoms with Gasteiger partial charge in [-0.2, -0.15) is 0 Å². The fourth-order valence-electron chi connectivity index (χ4n) is 4.19. The van der Waals surface area contributed by atoms with Crippen molar-refractivity contribution in [3.63, 3.8) is 0 Å². The number of urea groups is 1. The van der Waals surface area contributed by atoms with E-state index in [2.05, 4.69) is 31.4 Å². The number of rotatable bonds is 5. The third kappa shape index (κ3) is 5.88. The molecule has 1 fully saturated rings. The molecule has 3 amide bonds. The summed E-state index contributed by atoms with van der Waals surface area (Å²) in [5.41, 5.74) is 0.698. The molecule has 0 radical (unpaired) electrons. The molecule has 1 aliphatic rings. The topological polar surface area (TPSA) is 84.5 Å². The number of para-hydroxylation sites is 1. The van der Waals surface area contributed by atoms with Crippen molar-refractivity contribution in [3.8, 4) is 0 Å². The monoisotopic (exact) mass is 456 g/mol. The van der Waals surface area contributed by atoms with E-state index in [1.165, 1.54) is 6.07 Å². The average Bonchev–Trinajstić information content (AvgIpc) is 2.74. The molecule has 0 saturated heterocycles. The highest BCUT2D eigenvalue weighted by molar-refractivity contribution is 6.34. The normalized spacial score (nSPS) is 20.5. The average molecular weight is 457 g/mol. The lowest BCUT2D eigenvalue weighted by molar-refractivity contribution is -0.0173. The molecule has 6 nitrogen and oxygen atoms in total. The van der Waals surface area contributed by atoms with Crippen LogP contribution in [0.4, 0.5) is 10.5 Å². The first-order valence-electron chi connectivity index (χ1n) is 10.9. The number of halogens is 1. The highest BCUT2D eigenvalue weighted by Crippen LogP contribution is 2.36. The molecule has 170 valence electrons. The number of carbonyl (C=O) groups excluding carboxylic acids is 3. The van der Waals surface area contributed by atoms with Crippen LogP contribution in [-0.4, -0.2) is 24.0 Å². The van der Waals surface area contributed by atoms with Crippen molar-refractivity contribution in [1.82, 2.24) is 5.32 Å². The molecule has 0 bridgehead atoms. The number of amides is 3. The fourth-order valence-corrected chi connectivity index (χ4v) is 4.41. The number of esters is 1. The van der Waals surface area contributed by atoms with Gasteiger partial charge in [0.25, 0.3) is 5.91 Å². The second-order valence-corrected chi connectivity index (χ2v) is 9.11. The Bertz CT molecular complexity index is 991. The van der Waals surface area contributed by atoms with Crippen molar-refractivity contribution in [2.45, 2.75) is 46.1 Å². The molecule has 3 atom stereocenters. The Kier molecular flexibility index (Phi) is 7.91. The number of anilines is 1. The number of ether oxygens (including phenoxy) is 1. The fraction of sp³-hybridized carbons (Fsp3) is 0.400. The van der Waals surface area contributed by atoms with Crippen molar-refractivity contribution < 1.29 is 19.1 Å². The van der Waals surface area contributed by atoms with E-state index in [0.717, 1.165) is 19.3 Å². The van der Waals surface area contributed by atoms with Crippen LogP contribution in [0.15, 0.2) is 48.5 Å². The molecule has 1 saturated carbocycles. The molecule has 0 aromatic heterocycles. The van der Waals surface area contributed by atoms with Crippen molar-refractivity contribution in [2.24, 2.45) is 17.8 Å². The molecule has 0 heterocycles. The van der Waals surface area contributed by atoms with E-state index in [4.69, 9.17) is 16.3 Å². The molecule has 7 heteroatoms. The molecule has 2 N–H and O–H groups in total. The smallest absolute Gasteiger partial charge is 0.340 e. The van der Waals surface area contributed by atoms with Crippen molar-refractivity contribution in [1.29, 1.82) is 0 Å². The zero-order valence-corrected chi connectivity index (χ0v) is 19.3. The maximum absolute atomic E-state index is 13.0. The van der Waals surface area contributed by atoms with Crippen LogP contribution < -0.4 is 10.6 Å². The molecule has 3 rings (SSSR count). The zero-order chi connectivity index (χ0) is 23.3. The molecule has 0 aliphatic heterocycles. The Morgan fingerprint density at radius 3 is 2.34 bits per heavy atom. The van der Waals surface area contributed by atoms with E-state index in [1.807, 2.05) is 0 Å². The van der Waals surface area contributed by atoms with E-state index in [-0.39, 0.29) is 27.9 Å². The third-order valence-corrected chi connectivity index (χ3v) is 6.29. The van der Waals surface area contributed by atoms with Crippen LogP contribution in [0, 0.1) is 17.8 Å². The lowest BCUT2D eigenvalue weighted by Gasteiger charge is -2.36. The first-order chi connectivity index (χ1) is 15.3. The summed E-state index contributed by atoms with van der Waals surface area (Å²) in [6.45, 7) is 6.47. The number of imide groups is 1. The zero-order valence-electron chi connectivity index (χ0n) is 18.6. The van der Waals surface area contributed by atoms with Gasteiger partial charge in [-0.1, -0.05) is 63.1 Å². The third-order valence-electron chi connectivity index (χ3n) is 5.96. The lowest BCUT2D eigenvalue weighted by Crippen LogP contribution is -2.36. The van der Waals surface area contributed by atoms with E-state index in [1.54, 1.807) is 42.5 Å². The van der Waals surface area contributed by atoms with Gasteiger partial charge in [0, 0.05) is 0 Å². The number of nitrogens with one attached hydrogen (secondary N) is 2. The minimum atomic E-state index is -0.762. The first kappa shape index (κ1) is 23.8. The molecular weight excluding hydrogens is 428 g/mol. The molecular formula is C25H29ClN2O4. The van der Waals surface area contributed by atoms with Crippen molar-refractivity contribution >= 4 is 35.2 Å². The maximum Gasteiger partial charge on any atom is 0.340 e. The van der Waals surface area contributed by atoms with Gasteiger partial charge in [-0.05, 0) is 54.9 Å². The van der Waals surface area contributed by atoms with Gasteiger partial charge in [-0.15, -0.1) is 0 Å². The lowest BCUT2D eigenvalue weighted by atomic mass is 9.75. The van der Waals surface area contributed by atoms with Crippen LogP contribution in [-0.2, 0) is 4.74 Å². The van der Waals surface area contributed by atoms with Crippen LogP contribution in [0.5, 0.6) is 0 Å². The number of hydrogen-bond acceptors (Lipinski definition) is 4. The van der Waals surface area contributed by atoms with E-state index in [0.29, 0.717) is 17.8 Å². The summed E-state index contributed by atoms with van der Waals surface area (Å²) in [7, 11) is 0. The second-order valence-electron chi connectivity index (χ2n) is 8.70. The number of carbonyl (C=O) groups is 3. The van der Waals surface area contributed by atoms with Gasteiger partial charge in [0.15, 0.2) is 0 Å². The van der Waals surface area contributed by atoms with Crippen LogP contribution in [0.1, 0.15) is 60.7 Å². The van der Waals surface area contributed by atoms with Gasteiger partial charge in [0.1, 0.15) is 6.10 Å². The molecule has 3 unspecified atom stereocenters. The van der Waals surface area contributed by atoms with Crippen molar-refractivity contribution in [2.75, 3.05) is 5.32 Å². The van der Waals surface area contributed by atoms with Gasteiger partial charge in [0.05, 0.1) is 21.8 Å². The van der Waals surface area contributed by atoms with Crippen LogP contribution in [0.25, 0.3) is 0 Å². The van der Waals surface area contributed by atoms with Crippen LogP contribution in [0.3, 0.4) is 0 Å². The Balaban J connectivity index is 1.69. The summed E-state index contributed by atoms with van der Waals surface area (Å²) < 4.78 is 5.92. The summed E-state index contributed by atoms with van der Waals surface area (Å²) in [5.74, 6) is 0.104. The van der Waals surface area contributed by atoms with Gasteiger partial charge in [-0.25, -0.2) is 9.59 Å². The molecule has 1 aliphatic carbocycles. The summed E-state index contributed by atoms with van der Waals surface area (Å²) >= 11 is 6.01. The summed E-state index contributed by atoms with van der Waals surface area (Å²) in [5, 5.41) is 5.05. The molecule has 0 spiro atoms. The SMILES string of the molecule is CC1CCC(C(C)C)C(OC(=O)c2ccccc2NC(=O)NC(=O)c2ccccc2Cl)C1. The predicted molar refractivity (Wildman–Crippen MR) is 125 cm³/mol. The summed E-state index contributed by atoms with van der Waals surface area (Å²) in [4.78, 5) is 37.7. The maximum atomic E-state index is 13.0. The molecule has 2 aromatic rings. The minimum absolute atomic E-state index is 0.157. The highest BCUT2D eigenvalue weighted by atomic mass is 35.5. The summed E-state index contributed by atoms with van der Waals surface area (Å²) in [6.07, 6.45) is 2.84. The molecule has 2 aromatic carbocycles. The van der Waals surface area contributed by atoms with Gasteiger partial charge >= 0.3 is 12.0 Å². The van der Waals surface area contributed by atoms with Crippen LogP contribution >= 0.6 is 11.6 Å². The quantitative estimate of drug-likeness (QED) is 0.547. The Hall–Kier alpha value is -2.86. The largest absolute Gasteiger partial charge is 0.458 e. The summed E-state index contributed by atoms with van der Waals surface area (Å²) in [6, 6.07) is 12.3. The van der Waals surface area contributed by atoms with E-state index < -0.39 is 17.9 Å². The standard InChI is InChI=1S/C25H29ClN2O4/c1-15(2)17-13-12-16(3)14-22(17)32-24(30)19-9-5-7-11-21(19)27-25(31)28-23(29)18-8-4-6-10-20(18)26/h4-11,15-17,22H,12-14H2,1-3H3,(H2,27,28,29,31). The Morgan fingerprint density at radius 1 is 1.00 bits per heavy atom. The number of hydrogen-bond donors (Lipinski definition) is 2. The first-order valence-corrected chi connectivity index (χ1v) is 11.3. The van der Waals surface area contributed by atoms with E-state index in [9.17, 15) is 14.4 Å². The van der Waals surface area contributed by atoms with Crippen molar-refractivity contribution in [3.05, 3.63) is 64.7 Å². The second kappa shape index (κ2) is 10.6. The van der Waals surface area contributed by atoms with Gasteiger partial charge < -0.3 is 10.1 Å². The number of benzene rings is 2.